The standard InChI is InChI=1S/C23H21ClO3/c1-11-8-14(13-4-3-5-15(24)10-13)9-12(2)18(11)21-22(25)19-16-6-7-17(27-16)20(19)23(21)26/h3-5,8-10,16-17,19-21H,6-7H2,1-2H3/t16-,17+,19-,20+,21?. The van der Waals surface area contributed by atoms with E-state index < -0.39 is 5.92 Å². The summed E-state index contributed by atoms with van der Waals surface area (Å²) in [6.07, 6.45) is 1.72. The summed E-state index contributed by atoms with van der Waals surface area (Å²) in [6.45, 7) is 3.99. The molecule has 2 saturated heterocycles. The van der Waals surface area contributed by atoms with E-state index >= 15 is 0 Å². The molecule has 3 aliphatic rings. The third-order valence-electron chi connectivity index (χ3n) is 6.54. The van der Waals surface area contributed by atoms with Crippen LogP contribution in [0.1, 0.15) is 35.4 Å². The first-order chi connectivity index (χ1) is 13.0. The molecule has 0 amide bonds. The molecule has 1 saturated carbocycles. The zero-order valence-corrected chi connectivity index (χ0v) is 16.1. The van der Waals surface area contributed by atoms with Crippen LogP contribution in [0.2, 0.25) is 5.02 Å². The van der Waals surface area contributed by atoms with Crippen molar-refractivity contribution in [2.75, 3.05) is 0 Å². The number of Topliss-reactive ketones (excluding diaryl/α,β-unsaturated/α-hetero) is 2. The fourth-order valence-electron chi connectivity index (χ4n) is 5.47. The van der Waals surface area contributed by atoms with Crippen molar-refractivity contribution >= 4 is 23.2 Å². The number of carbonyl (C=O) groups excluding carboxylic acids is 2. The van der Waals surface area contributed by atoms with Crippen LogP contribution in [0.3, 0.4) is 0 Å². The van der Waals surface area contributed by atoms with Gasteiger partial charge in [0, 0.05) is 5.02 Å². The third-order valence-corrected chi connectivity index (χ3v) is 6.77. The Morgan fingerprint density at radius 1 is 0.889 bits per heavy atom. The van der Waals surface area contributed by atoms with Gasteiger partial charge in [-0.2, -0.15) is 0 Å². The number of hydrogen-bond donors (Lipinski definition) is 0. The van der Waals surface area contributed by atoms with Crippen molar-refractivity contribution < 1.29 is 14.3 Å². The van der Waals surface area contributed by atoms with Crippen LogP contribution in [0.15, 0.2) is 36.4 Å². The summed E-state index contributed by atoms with van der Waals surface area (Å²) in [7, 11) is 0. The normalized spacial score (nSPS) is 31.6. The highest BCUT2D eigenvalue weighted by atomic mass is 35.5. The highest BCUT2D eigenvalue weighted by Crippen LogP contribution is 2.53. The maximum Gasteiger partial charge on any atom is 0.154 e. The first-order valence-electron chi connectivity index (χ1n) is 9.55. The predicted molar refractivity (Wildman–Crippen MR) is 104 cm³/mol. The van der Waals surface area contributed by atoms with Gasteiger partial charge in [0.05, 0.1) is 24.0 Å². The summed E-state index contributed by atoms with van der Waals surface area (Å²) in [5.41, 5.74) is 4.96. The van der Waals surface area contributed by atoms with Crippen LogP contribution in [-0.4, -0.2) is 23.8 Å². The molecule has 27 heavy (non-hydrogen) atoms. The zero-order chi connectivity index (χ0) is 18.9. The molecule has 1 unspecified atom stereocenters. The van der Waals surface area contributed by atoms with E-state index in [1.165, 1.54) is 0 Å². The number of carbonyl (C=O) groups is 2. The van der Waals surface area contributed by atoms with Gasteiger partial charge < -0.3 is 4.74 Å². The molecule has 3 fully saturated rings. The Bertz CT molecular complexity index is 928. The molecule has 2 aromatic carbocycles. The lowest BCUT2D eigenvalue weighted by Crippen LogP contribution is -2.29. The second-order valence-electron chi connectivity index (χ2n) is 8.11. The average molecular weight is 381 g/mol. The maximum atomic E-state index is 13.2. The number of fused-ring (bicyclic) bond motifs is 5. The van der Waals surface area contributed by atoms with Gasteiger partial charge in [0.2, 0.25) is 0 Å². The summed E-state index contributed by atoms with van der Waals surface area (Å²) in [5, 5.41) is 0.691. The molecule has 0 spiro atoms. The second-order valence-corrected chi connectivity index (χ2v) is 8.55. The molecule has 0 aromatic heterocycles. The SMILES string of the molecule is Cc1cc(-c2cccc(Cl)c2)cc(C)c1C1C(=O)[C@@H]2[C@H](C1=O)[C@H]1CC[C@@H]2O1. The molecule has 0 radical (unpaired) electrons. The van der Waals surface area contributed by atoms with Gasteiger partial charge in [-0.1, -0.05) is 35.9 Å². The molecule has 2 bridgehead atoms. The Morgan fingerprint density at radius 2 is 1.48 bits per heavy atom. The van der Waals surface area contributed by atoms with Gasteiger partial charge in [-0.15, -0.1) is 0 Å². The zero-order valence-electron chi connectivity index (χ0n) is 15.4. The highest BCUT2D eigenvalue weighted by Gasteiger charge is 2.63. The first kappa shape index (κ1) is 17.2. The van der Waals surface area contributed by atoms with Crippen LogP contribution in [0.5, 0.6) is 0 Å². The molecular formula is C23H21ClO3. The van der Waals surface area contributed by atoms with Crippen molar-refractivity contribution in [2.45, 2.75) is 44.8 Å². The Labute approximate surface area is 163 Å². The number of hydrogen-bond acceptors (Lipinski definition) is 3. The van der Waals surface area contributed by atoms with E-state index in [0.29, 0.717) is 5.02 Å². The minimum absolute atomic E-state index is 0.0483. The van der Waals surface area contributed by atoms with Crippen LogP contribution in [0, 0.1) is 25.7 Å². The van der Waals surface area contributed by atoms with E-state index in [9.17, 15) is 9.59 Å². The maximum absolute atomic E-state index is 13.2. The molecule has 0 N–H and O–H groups in total. The fourth-order valence-corrected chi connectivity index (χ4v) is 5.67. The van der Waals surface area contributed by atoms with Crippen LogP contribution < -0.4 is 0 Å². The number of aryl methyl sites for hydroxylation is 2. The molecule has 4 heteroatoms. The highest BCUT2D eigenvalue weighted by molar-refractivity contribution is 6.30. The lowest BCUT2D eigenvalue weighted by Gasteiger charge is -2.19. The summed E-state index contributed by atoms with van der Waals surface area (Å²) in [6, 6.07) is 11.9. The van der Waals surface area contributed by atoms with Gasteiger partial charge in [-0.25, -0.2) is 0 Å². The lowest BCUT2D eigenvalue weighted by atomic mass is 9.81. The largest absolute Gasteiger partial charge is 0.373 e. The average Bonchev–Trinajstić information content (AvgIpc) is 3.30. The topological polar surface area (TPSA) is 43.4 Å². The van der Waals surface area contributed by atoms with Crippen LogP contribution in [0.4, 0.5) is 0 Å². The third kappa shape index (κ3) is 2.45. The van der Waals surface area contributed by atoms with E-state index in [-0.39, 0.29) is 35.6 Å². The predicted octanol–water partition coefficient (Wildman–Crippen LogP) is 4.65. The fraction of sp³-hybridized carbons (Fsp3) is 0.391. The van der Waals surface area contributed by atoms with Gasteiger partial charge >= 0.3 is 0 Å². The molecule has 3 nitrogen and oxygen atoms in total. The Hall–Kier alpha value is -1.97. The van der Waals surface area contributed by atoms with Gasteiger partial charge in [-0.05, 0) is 66.6 Å². The smallest absolute Gasteiger partial charge is 0.154 e. The van der Waals surface area contributed by atoms with E-state index in [1.54, 1.807) is 0 Å². The molecule has 2 aliphatic heterocycles. The van der Waals surface area contributed by atoms with Gasteiger partial charge in [0.15, 0.2) is 11.6 Å². The van der Waals surface area contributed by atoms with E-state index in [2.05, 4.69) is 12.1 Å². The van der Waals surface area contributed by atoms with Crippen molar-refractivity contribution in [1.29, 1.82) is 0 Å². The second kappa shape index (κ2) is 6.02. The summed E-state index contributed by atoms with van der Waals surface area (Å²) in [4.78, 5) is 26.3. The van der Waals surface area contributed by atoms with Gasteiger partial charge in [-0.3, -0.25) is 9.59 Å². The Morgan fingerprint density at radius 3 is 2.04 bits per heavy atom. The van der Waals surface area contributed by atoms with Crippen molar-refractivity contribution in [1.82, 2.24) is 0 Å². The number of ketones is 2. The number of rotatable bonds is 2. The number of ether oxygens (including phenoxy) is 1. The minimum Gasteiger partial charge on any atom is -0.373 e. The first-order valence-corrected chi connectivity index (χ1v) is 9.93. The van der Waals surface area contributed by atoms with Crippen LogP contribution in [0.25, 0.3) is 11.1 Å². The molecule has 5 atom stereocenters. The Kier molecular flexibility index (Phi) is 3.82. The lowest BCUT2D eigenvalue weighted by molar-refractivity contribution is -0.127. The van der Waals surface area contributed by atoms with Crippen molar-refractivity contribution in [3.05, 3.63) is 58.1 Å². The van der Waals surface area contributed by atoms with Crippen molar-refractivity contribution in [3.63, 3.8) is 0 Å². The molecule has 138 valence electrons. The van der Waals surface area contributed by atoms with Gasteiger partial charge in [0.1, 0.15) is 5.92 Å². The number of benzene rings is 2. The molecule has 5 rings (SSSR count). The minimum atomic E-state index is -0.625. The summed E-state index contributed by atoms with van der Waals surface area (Å²) >= 11 is 6.13. The monoisotopic (exact) mass is 380 g/mol. The van der Waals surface area contributed by atoms with Crippen molar-refractivity contribution in [3.8, 4) is 11.1 Å². The van der Waals surface area contributed by atoms with Crippen molar-refractivity contribution in [2.24, 2.45) is 11.8 Å². The van der Waals surface area contributed by atoms with Crippen LogP contribution >= 0.6 is 11.6 Å². The molecule has 1 aliphatic carbocycles. The quantitative estimate of drug-likeness (QED) is 0.712. The van der Waals surface area contributed by atoms with Gasteiger partial charge in [0.25, 0.3) is 0 Å². The summed E-state index contributed by atoms with van der Waals surface area (Å²) in [5.74, 6) is -0.946. The number of halogens is 1. The van der Waals surface area contributed by atoms with Crippen LogP contribution in [-0.2, 0) is 14.3 Å². The van der Waals surface area contributed by atoms with E-state index in [1.807, 2.05) is 38.1 Å². The molecule has 2 aromatic rings. The molecular weight excluding hydrogens is 360 g/mol. The van der Waals surface area contributed by atoms with E-state index in [0.717, 1.165) is 40.7 Å². The Balaban J connectivity index is 1.56. The van der Waals surface area contributed by atoms with E-state index in [4.69, 9.17) is 16.3 Å². The summed E-state index contributed by atoms with van der Waals surface area (Å²) < 4.78 is 5.86. The molecule has 2 heterocycles.